The van der Waals surface area contributed by atoms with Gasteiger partial charge in [-0.15, -0.1) is 0 Å². The molecule has 206 valence electrons. The lowest BCUT2D eigenvalue weighted by atomic mass is 10.1. The number of carbonyl (C=O) groups excluding carboxylic acids is 3. The van der Waals surface area contributed by atoms with Crippen LogP contribution in [0.15, 0.2) is 54.6 Å². The van der Waals surface area contributed by atoms with E-state index in [-0.39, 0.29) is 18.6 Å². The number of amides is 3. The molecule has 3 amide bonds. The molecule has 2 aromatic carbocycles. The summed E-state index contributed by atoms with van der Waals surface area (Å²) in [5.41, 5.74) is 2.06. The smallest absolute Gasteiger partial charge is 0.410 e. The molecule has 0 bridgehead atoms. The average Bonchev–Trinajstić information content (AvgIpc) is 3.15. The van der Waals surface area contributed by atoms with Gasteiger partial charge in [-0.25, -0.2) is 9.59 Å². The molecule has 1 N–H and O–H groups in total. The number of alkyl carbamates (subject to hydrolysis) is 1. The van der Waals surface area contributed by atoms with Crippen molar-refractivity contribution in [1.29, 1.82) is 0 Å². The zero-order chi connectivity index (χ0) is 27.5. The molecule has 9 heteroatoms. The monoisotopic (exact) mass is 524 g/mol. The number of ether oxygens (including phenoxy) is 2. The number of nitrogens with one attached hydrogen (secondary N) is 1. The summed E-state index contributed by atoms with van der Waals surface area (Å²) >= 11 is 0. The van der Waals surface area contributed by atoms with Gasteiger partial charge in [0.1, 0.15) is 12.2 Å². The summed E-state index contributed by atoms with van der Waals surface area (Å²) in [6.07, 6.45) is 0.711. The molecule has 0 atom stereocenters. The zero-order valence-corrected chi connectivity index (χ0v) is 22.9. The molecule has 0 aliphatic carbocycles. The molecule has 0 spiro atoms. The minimum atomic E-state index is -0.538. The lowest BCUT2D eigenvalue weighted by Gasteiger charge is -2.24. The van der Waals surface area contributed by atoms with Crippen LogP contribution in [0.2, 0.25) is 0 Å². The van der Waals surface area contributed by atoms with Crippen LogP contribution in [-0.2, 0) is 16.1 Å². The second-order valence-corrected chi connectivity index (χ2v) is 10.4. The number of carbonyl (C=O) groups is 3. The first-order chi connectivity index (χ1) is 18.1. The highest BCUT2D eigenvalue weighted by Gasteiger charge is 2.21. The Hall–Kier alpha value is -3.75. The fourth-order valence-corrected chi connectivity index (χ4v) is 4.13. The van der Waals surface area contributed by atoms with Gasteiger partial charge in [0, 0.05) is 57.6 Å². The summed E-state index contributed by atoms with van der Waals surface area (Å²) in [7, 11) is 1.75. The highest BCUT2D eigenvalue weighted by atomic mass is 16.6. The van der Waals surface area contributed by atoms with Gasteiger partial charge in [-0.2, -0.15) is 0 Å². The SMILES string of the molecule is CN(CCCNC(=O)OC(C)(C)C)C(=O)c1ccc(N2CCCN(C(=O)OCc3ccccc3)CC2)cc1. The van der Waals surface area contributed by atoms with Crippen LogP contribution in [0.3, 0.4) is 0 Å². The number of nitrogens with zero attached hydrogens (tertiary/aromatic N) is 3. The van der Waals surface area contributed by atoms with Gasteiger partial charge < -0.3 is 29.5 Å². The summed E-state index contributed by atoms with van der Waals surface area (Å²) in [5, 5.41) is 2.71. The second-order valence-electron chi connectivity index (χ2n) is 10.4. The minimum absolute atomic E-state index is 0.0722. The average molecular weight is 525 g/mol. The fourth-order valence-electron chi connectivity index (χ4n) is 4.13. The van der Waals surface area contributed by atoms with E-state index in [1.54, 1.807) is 16.8 Å². The first-order valence-electron chi connectivity index (χ1n) is 13.2. The summed E-state index contributed by atoms with van der Waals surface area (Å²) in [5.74, 6) is -0.0722. The van der Waals surface area contributed by atoms with E-state index in [0.29, 0.717) is 44.7 Å². The van der Waals surface area contributed by atoms with E-state index >= 15 is 0 Å². The highest BCUT2D eigenvalue weighted by Crippen LogP contribution is 2.19. The van der Waals surface area contributed by atoms with Crippen molar-refractivity contribution in [1.82, 2.24) is 15.1 Å². The number of hydrogen-bond acceptors (Lipinski definition) is 6. The van der Waals surface area contributed by atoms with Crippen LogP contribution in [0.1, 0.15) is 49.5 Å². The lowest BCUT2D eigenvalue weighted by Crippen LogP contribution is -2.35. The van der Waals surface area contributed by atoms with Gasteiger partial charge in [-0.05, 0) is 63.4 Å². The van der Waals surface area contributed by atoms with Crippen LogP contribution < -0.4 is 10.2 Å². The number of benzene rings is 2. The van der Waals surface area contributed by atoms with Gasteiger partial charge in [0.25, 0.3) is 5.91 Å². The van der Waals surface area contributed by atoms with Crippen molar-refractivity contribution in [2.75, 3.05) is 51.2 Å². The van der Waals surface area contributed by atoms with Gasteiger partial charge in [0.15, 0.2) is 0 Å². The minimum Gasteiger partial charge on any atom is -0.445 e. The standard InChI is InChI=1S/C29H40N4O5/c1-29(2,3)38-27(35)30-16-8-17-31(4)26(34)24-12-14-25(15-13-24)32-18-9-19-33(21-20-32)28(36)37-22-23-10-6-5-7-11-23/h5-7,10-15H,8-9,16-22H2,1-4H3,(H,30,35). The fraction of sp³-hybridized carbons (Fsp3) is 0.483. The molecule has 38 heavy (non-hydrogen) atoms. The first kappa shape index (κ1) is 28.8. The Balaban J connectivity index is 1.42. The van der Waals surface area contributed by atoms with Gasteiger partial charge in [-0.1, -0.05) is 30.3 Å². The molecule has 1 aliphatic rings. The molecular formula is C29H40N4O5. The quantitative estimate of drug-likeness (QED) is 0.511. The van der Waals surface area contributed by atoms with Crippen molar-refractivity contribution in [3.63, 3.8) is 0 Å². The predicted octanol–water partition coefficient (Wildman–Crippen LogP) is 4.52. The molecule has 9 nitrogen and oxygen atoms in total. The van der Waals surface area contributed by atoms with Crippen LogP contribution in [0.5, 0.6) is 0 Å². The predicted molar refractivity (Wildman–Crippen MR) is 147 cm³/mol. The number of rotatable bonds is 8. The van der Waals surface area contributed by atoms with E-state index in [2.05, 4.69) is 10.2 Å². The number of anilines is 1. The van der Waals surface area contributed by atoms with E-state index < -0.39 is 11.7 Å². The summed E-state index contributed by atoms with van der Waals surface area (Å²) in [6, 6.07) is 17.2. The molecular weight excluding hydrogens is 484 g/mol. The van der Waals surface area contributed by atoms with E-state index in [9.17, 15) is 14.4 Å². The summed E-state index contributed by atoms with van der Waals surface area (Å²) < 4.78 is 10.7. The van der Waals surface area contributed by atoms with Crippen molar-refractivity contribution in [3.05, 3.63) is 65.7 Å². The largest absolute Gasteiger partial charge is 0.445 e. The van der Waals surface area contributed by atoms with Crippen molar-refractivity contribution in [3.8, 4) is 0 Å². The van der Waals surface area contributed by atoms with Gasteiger partial charge in [0.05, 0.1) is 0 Å². The van der Waals surface area contributed by atoms with Crippen molar-refractivity contribution in [2.24, 2.45) is 0 Å². The van der Waals surface area contributed by atoms with E-state index in [4.69, 9.17) is 9.47 Å². The molecule has 0 aromatic heterocycles. The second kappa shape index (κ2) is 13.7. The lowest BCUT2D eigenvalue weighted by molar-refractivity contribution is 0.0526. The third kappa shape index (κ3) is 9.28. The Labute approximate surface area is 225 Å². The molecule has 0 unspecified atom stereocenters. The van der Waals surface area contributed by atoms with Crippen LogP contribution in [0.25, 0.3) is 0 Å². The van der Waals surface area contributed by atoms with Gasteiger partial charge >= 0.3 is 12.2 Å². The molecule has 3 rings (SSSR count). The van der Waals surface area contributed by atoms with Crippen LogP contribution in [0, 0.1) is 0 Å². The first-order valence-corrected chi connectivity index (χ1v) is 13.2. The van der Waals surface area contributed by atoms with Crippen molar-refractivity contribution in [2.45, 2.75) is 45.8 Å². The molecule has 1 aliphatic heterocycles. The van der Waals surface area contributed by atoms with Gasteiger partial charge in [0.2, 0.25) is 0 Å². The Bertz CT molecular complexity index is 1050. The summed E-state index contributed by atoms with van der Waals surface area (Å²) in [6.45, 7) is 9.39. The third-order valence-electron chi connectivity index (χ3n) is 6.12. The van der Waals surface area contributed by atoms with E-state index in [1.807, 2.05) is 75.4 Å². The molecule has 2 aromatic rings. The maximum atomic E-state index is 12.8. The molecule has 1 heterocycles. The Kier molecular flexibility index (Phi) is 10.4. The molecule has 0 radical (unpaired) electrons. The normalized spacial score (nSPS) is 13.9. The van der Waals surface area contributed by atoms with E-state index in [0.717, 1.165) is 24.2 Å². The van der Waals surface area contributed by atoms with Crippen LogP contribution in [0.4, 0.5) is 15.3 Å². The molecule has 1 saturated heterocycles. The third-order valence-corrected chi connectivity index (χ3v) is 6.12. The van der Waals surface area contributed by atoms with Crippen LogP contribution in [-0.4, -0.2) is 79.8 Å². The Morgan fingerprint density at radius 3 is 2.34 bits per heavy atom. The Morgan fingerprint density at radius 2 is 1.66 bits per heavy atom. The van der Waals surface area contributed by atoms with E-state index in [1.165, 1.54) is 0 Å². The van der Waals surface area contributed by atoms with Crippen molar-refractivity contribution >= 4 is 23.8 Å². The molecule has 0 saturated carbocycles. The Morgan fingerprint density at radius 1 is 0.947 bits per heavy atom. The van der Waals surface area contributed by atoms with Crippen molar-refractivity contribution < 1.29 is 23.9 Å². The molecule has 1 fully saturated rings. The zero-order valence-electron chi connectivity index (χ0n) is 22.9. The summed E-state index contributed by atoms with van der Waals surface area (Å²) in [4.78, 5) is 42.7. The maximum absolute atomic E-state index is 12.8. The number of hydrogen-bond donors (Lipinski definition) is 1. The topological polar surface area (TPSA) is 91.4 Å². The highest BCUT2D eigenvalue weighted by molar-refractivity contribution is 5.94. The van der Waals surface area contributed by atoms with Crippen LogP contribution >= 0.6 is 0 Å². The van der Waals surface area contributed by atoms with Gasteiger partial charge in [-0.3, -0.25) is 4.79 Å². The maximum Gasteiger partial charge on any atom is 0.410 e.